The summed E-state index contributed by atoms with van der Waals surface area (Å²) in [5.74, 6) is 0.329. The first kappa shape index (κ1) is 21.5. The van der Waals surface area contributed by atoms with Crippen LogP contribution in [0.4, 0.5) is 0 Å². The predicted octanol–water partition coefficient (Wildman–Crippen LogP) is 5.27. The molecule has 0 radical (unpaired) electrons. The molecule has 0 amide bonds. The number of hydrogen-bond donors (Lipinski definition) is 0. The first-order valence-corrected chi connectivity index (χ1v) is 11.7. The second-order valence-electron chi connectivity index (χ2n) is 7.86. The van der Waals surface area contributed by atoms with Gasteiger partial charge in [0, 0.05) is 18.7 Å². The highest BCUT2D eigenvalue weighted by atomic mass is 32.2. The molecule has 0 unspecified atom stereocenters. The van der Waals surface area contributed by atoms with E-state index < -0.39 is 10.0 Å². The van der Waals surface area contributed by atoms with Gasteiger partial charge in [-0.3, -0.25) is 4.79 Å². The molecule has 29 heavy (non-hydrogen) atoms. The molecule has 5 heteroatoms. The zero-order valence-electron chi connectivity index (χ0n) is 17.2. The third-order valence-electron chi connectivity index (χ3n) is 5.37. The lowest BCUT2D eigenvalue weighted by Gasteiger charge is -2.19. The fourth-order valence-electron chi connectivity index (χ4n) is 3.48. The highest BCUT2D eigenvalue weighted by molar-refractivity contribution is 7.89. The number of nitrogens with zero attached hydrogens (tertiary/aromatic N) is 1. The van der Waals surface area contributed by atoms with Crippen molar-refractivity contribution in [1.82, 2.24) is 4.31 Å². The van der Waals surface area contributed by atoms with Crippen molar-refractivity contribution in [3.05, 3.63) is 71.3 Å². The molecule has 0 aliphatic carbocycles. The van der Waals surface area contributed by atoms with Crippen LogP contribution in [0.2, 0.25) is 0 Å². The summed E-state index contributed by atoms with van der Waals surface area (Å²) in [4.78, 5) is 12.7. The van der Waals surface area contributed by atoms with Crippen LogP contribution in [0.5, 0.6) is 0 Å². The molecular formula is C24H29NO3S. The Morgan fingerprint density at radius 3 is 2.03 bits per heavy atom. The van der Waals surface area contributed by atoms with E-state index in [2.05, 4.69) is 26.0 Å². The van der Waals surface area contributed by atoms with Crippen LogP contribution in [0.1, 0.15) is 66.9 Å². The van der Waals surface area contributed by atoms with Gasteiger partial charge in [0.1, 0.15) is 0 Å². The summed E-state index contributed by atoms with van der Waals surface area (Å²) < 4.78 is 27.2. The van der Waals surface area contributed by atoms with E-state index in [9.17, 15) is 13.2 Å². The first-order valence-electron chi connectivity index (χ1n) is 10.3. The van der Waals surface area contributed by atoms with Crippen molar-refractivity contribution < 1.29 is 13.2 Å². The van der Waals surface area contributed by atoms with E-state index in [0.717, 1.165) is 31.2 Å². The molecule has 0 aromatic heterocycles. The molecule has 1 aliphatic heterocycles. The van der Waals surface area contributed by atoms with Crippen LogP contribution in [0.25, 0.3) is 6.08 Å². The van der Waals surface area contributed by atoms with E-state index in [4.69, 9.17) is 0 Å². The van der Waals surface area contributed by atoms with Crippen LogP contribution < -0.4 is 0 Å². The Balaban J connectivity index is 1.69. The van der Waals surface area contributed by atoms with Gasteiger partial charge < -0.3 is 0 Å². The standard InChI is InChI=1S/C24H29NO3S/c1-19(2)21-10-7-20(8-11-21)9-16-24(26)22-12-14-23(15-13-22)29(27,28)25-17-5-3-4-6-18-25/h7-16,19H,3-6,17-18H2,1-2H3. The van der Waals surface area contributed by atoms with Gasteiger partial charge in [0.05, 0.1) is 4.90 Å². The average molecular weight is 412 g/mol. The SMILES string of the molecule is CC(C)c1ccc(C=CC(=O)c2ccc(S(=O)(=O)N3CCCCCC3)cc2)cc1. The van der Waals surface area contributed by atoms with Gasteiger partial charge in [0.25, 0.3) is 0 Å². The highest BCUT2D eigenvalue weighted by Crippen LogP contribution is 2.21. The lowest BCUT2D eigenvalue weighted by atomic mass is 10.0. The van der Waals surface area contributed by atoms with Gasteiger partial charge in [-0.25, -0.2) is 8.42 Å². The fourth-order valence-corrected chi connectivity index (χ4v) is 5.00. The monoisotopic (exact) mass is 411 g/mol. The van der Waals surface area contributed by atoms with Crippen LogP contribution in [0.3, 0.4) is 0 Å². The topological polar surface area (TPSA) is 54.5 Å². The summed E-state index contributed by atoms with van der Waals surface area (Å²) >= 11 is 0. The van der Waals surface area contributed by atoms with Crippen LogP contribution in [0.15, 0.2) is 59.5 Å². The number of hydrogen-bond acceptors (Lipinski definition) is 3. The van der Waals surface area contributed by atoms with E-state index in [1.54, 1.807) is 34.6 Å². The maximum absolute atomic E-state index is 12.8. The van der Waals surface area contributed by atoms with Crippen molar-refractivity contribution >= 4 is 21.9 Å². The van der Waals surface area contributed by atoms with E-state index in [-0.39, 0.29) is 10.7 Å². The second kappa shape index (κ2) is 9.51. The molecule has 3 rings (SSSR count). The third-order valence-corrected chi connectivity index (χ3v) is 7.28. The Morgan fingerprint density at radius 1 is 0.897 bits per heavy atom. The van der Waals surface area contributed by atoms with Crippen molar-refractivity contribution in [3.63, 3.8) is 0 Å². The second-order valence-corrected chi connectivity index (χ2v) is 9.80. The minimum atomic E-state index is -3.49. The predicted molar refractivity (Wildman–Crippen MR) is 118 cm³/mol. The van der Waals surface area contributed by atoms with E-state index in [1.807, 2.05) is 12.1 Å². The molecule has 0 spiro atoms. The molecular weight excluding hydrogens is 382 g/mol. The minimum Gasteiger partial charge on any atom is -0.289 e. The van der Waals surface area contributed by atoms with Crippen molar-refractivity contribution in [2.45, 2.75) is 50.3 Å². The molecule has 1 fully saturated rings. The Labute approximate surface area is 174 Å². The lowest BCUT2D eigenvalue weighted by molar-refractivity contribution is 0.104. The zero-order valence-corrected chi connectivity index (χ0v) is 18.0. The number of sulfonamides is 1. The van der Waals surface area contributed by atoms with Crippen LogP contribution in [-0.4, -0.2) is 31.6 Å². The van der Waals surface area contributed by atoms with Gasteiger partial charge in [-0.2, -0.15) is 4.31 Å². The molecule has 0 atom stereocenters. The summed E-state index contributed by atoms with van der Waals surface area (Å²) in [6.45, 7) is 5.43. The normalized spacial score (nSPS) is 16.2. The van der Waals surface area contributed by atoms with Gasteiger partial charge in [0.15, 0.2) is 5.78 Å². The van der Waals surface area contributed by atoms with Gasteiger partial charge in [-0.05, 0) is 60.2 Å². The molecule has 0 N–H and O–H groups in total. The maximum atomic E-state index is 12.8. The lowest BCUT2D eigenvalue weighted by Crippen LogP contribution is -2.31. The summed E-state index contributed by atoms with van der Waals surface area (Å²) in [5.41, 5.74) is 2.70. The number of rotatable bonds is 6. The molecule has 1 heterocycles. The Kier molecular flexibility index (Phi) is 7.04. The maximum Gasteiger partial charge on any atom is 0.243 e. The average Bonchev–Trinajstić information content (AvgIpc) is 3.02. The van der Waals surface area contributed by atoms with Gasteiger partial charge >= 0.3 is 0 Å². The summed E-state index contributed by atoms with van der Waals surface area (Å²) in [7, 11) is -3.49. The number of allylic oxidation sites excluding steroid dienone is 1. The van der Waals surface area contributed by atoms with Gasteiger partial charge in [0.2, 0.25) is 10.0 Å². The third kappa shape index (κ3) is 5.43. The largest absolute Gasteiger partial charge is 0.289 e. The summed E-state index contributed by atoms with van der Waals surface area (Å²) in [5, 5.41) is 0. The van der Waals surface area contributed by atoms with Crippen molar-refractivity contribution in [1.29, 1.82) is 0 Å². The zero-order chi connectivity index (χ0) is 20.9. The Hall–Kier alpha value is -2.24. The summed E-state index contributed by atoms with van der Waals surface area (Å²) in [6.07, 6.45) is 7.27. The molecule has 4 nitrogen and oxygen atoms in total. The first-order chi connectivity index (χ1) is 13.9. The van der Waals surface area contributed by atoms with Gasteiger partial charge in [-0.1, -0.05) is 57.0 Å². The molecule has 1 saturated heterocycles. The molecule has 154 valence electrons. The highest BCUT2D eigenvalue weighted by Gasteiger charge is 2.25. The van der Waals surface area contributed by atoms with Gasteiger partial charge in [-0.15, -0.1) is 0 Å². The summed E-state index contributed by atoms with van der Waals surface area (Å²) in [6, 6.07) is 14.4. The number of ketones is 1. The van der Waals surface area contributed by atoms with Crippen LogP contribution >= 0.6 is 0 Å². The quantitative estimate of drug-likeness (QED) is 0.481. The molecule has 2 aromatic carbocycles. The molecule has 2 aromatic rings. The number of carbonyl (C=O) groups excluding carboxylic acids is 1. The number of carbonyl (C=O) groups is 1. The Morgan fingerprint density at radius 2 is 1.48 bits per heavy atom. The molecule has 1 aliphatic rings. The van der Waals surface area contributed by atoms with E-state index in [0.29, 0.717) is 24.6 Å². The van der Waals surface area contributed by atoms with E-state index >= 15 is 0 Å². The number of benzene rings is 2. The minimum absolute atomic E-state index is 0.142. The van der Waals surface area contributed by atoms with Crippen molar-refractivity contribution in [2.24, 2.45) is 0 Å². The van der Waals surface area contributed by atoms with Crippen molar-refractivity contribution in [3.8, 4) is 0 Å². The molecule has 0 saturated carbocycles. The Bertz CT molecular complexity index is 950. The van der Waals surface area contributed by atoms with Crippen LogP contribution in [-0.2, 0) is 10.0 Å². The van der Waals surface area contributed by atoms with Crippen molar-refractivity contribution in [2.75, 3.05) is 13.1 Å². The molecule has 0 bridgehead atoms. The fraction of sp³-hybridized carbons (Fsp3) is 0.375. The smallest absolute Gasteiger partial charge is 0.243 e. The van der Waals surface area contributed by atoms with E-state index in [1.165, 1.54) is 11.6 Å². The van der Waals surface area contributed by atoms with Crippen LogP contribution in [0, 0.1) is 0 Å².